The molecule has 0 amide bonds. The van der Waals surface area contributed by atoms with Gasteiger partial charge in [-0.25, -0.2) is 9.59 Å². The van der Waals surface area contributed by atoms with Crippen molar-refractivity contribution in [1.29, 1.82) is 0 Å². The summed E-state index contributed by atoms with van der Waals surface area (Å²) in [5.74, 6) is -0.773. The highest BCUT2D eigenvalue weighted by atomic mass is 31.2. The van der Waals surface area contributed by atoms with E-state index >= 15 is 0 Å². The summed E-state index contributed by atoms with van der Waals surface area (Å²) < 4.78 is 56.8. The van der Waals surface area contributed by atoms with E-state index < -0.39 is 15.2 Å². The number of hydrogen-bond acceptors (Lipinski definition) is 10. The standard InChI is InChI=1S/2C14H22NO5P/c2*1-5-18-13(16)12-6-11(15-10(12)2)7-21(17)19-8-14(3,4)9-20-21/h2*6,15H,5,7-9H2,1-4H3. The predicted octanol–water partition coefficient (Wildman–Crippen LogP) is 6.53. The second-order valence-electron chi connectivity index (χ2n) is 12.1. The molecule has 2 aliphatic heterocycles. The molecule has 2 saturated heterocycles. The van der Waals surface area contributed by atoms with Crippen molar-refractivity contribution in [2.45, 2.75) is 67.7 Å². The molecule has 0 bridgehead atoms. The molecule has 0 radical (unpaired) electrons. The molecule has 236 valence electrons. The lowest BCUT2D eigenvalue weighted by molar-refractivity contribution is 0.0406. The van der Waals surface area contributed by atoms with Crippen LogP contribution in [-0.4, -0.2) is 61.5 Å². The minimum Gasteiger partial charge on any atom is -0.462 e. The Kier molecular flexibility index (Phi) is 11.1. The zero-order valence-corrected chi connectivity index (χ0v) is 27.6. The van der Waals surface area contributed by atoms with Gasteiger partial charge in [-0.15, -0.1) is 0 Å². The van der Waals surface area contributed by atoms with E-state index in [1.54, 1.807) is 39.8 Å². The van der Waals surface area contributed by atoms with Crippen LogP contribution >= 0.6 is 15.2 Å². The maximum Gasteiger partial charge on any atom is 0.339 e. The van der Waals surface area contributed by atoms with E-state index in [-0.39, 0.29) is 35.1 Å². The van der Waals surface area contributed by atoms with Crippen LogP contribution in [0.25, 0.3) is 0 Å². The van der Waals surface area contributed by atoms with Crippen LogP contribution < -0.4 is 0 Å². The number of aryl methyl sites for hydroxylation is 2. The molecule has 4 heterocycles. The van der Waals surface area contributed by atoms with E-state index in [0.717, 1.165) is 0 Å². The molecule has 0 spiro atoms. The molecule has 2 fully saturated rings. The first-order valence-corrected chi connectivity index (χ1v) is 17.4. The summed E-state index contributed by atoms with van der Waals surface area (Å²) in [6.45, 7) is 17.3. The average molecular weight is 631 g/mol. The zero-order valence-electron chi connectivity index (χ0n) is 25.8. The maximum absolute atomic E-state index is 12.5. The molecule has 4 rings (SSSR count). The fraction of sp³-hybridized carbons (Fsp3) is 0.643. The van der Waals surface area contributed by atoms with Gasteiger partial charge < -0.3 is 37.5 Å². The molecule has 14 heteroatoms. The predicted molar refractivity (Wildman–Crippen MR) is 157 cm³/mol. The second-order valence-corrected chi connectivity index (χ2v) is 16.2. The van der Waals surface area contributed by atoms with Crippen LogP contribution in [0.15, 0.2) is 12.1 Å². The largest absolute Gasteiger partial charge is 0.462 e. The van der Waals surface area contributed by atoms with Gasteiger partial charge in [-0.1, -0.05) is 27.7 Å². The van der Waals surface area contributed by atoms with Crippen molar-refractivity contribution < 1.29 is 46.3 Å². The van der Waals surface area contributed by atoms with Crippen LogP contribution in [0.4, 0.5) is 0 Å². The minimum atomic E-state index is -3.15. The van der Waals surface area contributed by atoms with E-state index in [1.165, 1.54) is 0 Å². The Bertz CT molecular complexity index is 1230. The third-order valence-corrected chi connectivity index (χ3v) is 10.0. The lowest BCUT2D eigenvalue weighted by Crippen LogP contribution is -2.29. The molecule has 2 N–H and O–H groups in total. The Morgan fingerprint density at radius 1 is 0.714 bits per heavy atom. The van der Waals surface area contributed by atoms with Crippen molar-refractivity contribution >= 4 is 27.1 Å². The van der Waals surface area contributed by atoms with E-state index in [0.29, 0.717) is 73.5 Å². The third-order valence-electron chi connectivity index (χ3n) is 6.47. The monoisotopic (exact) mass is 630 g/mol. The Morgan fingerprint density at radius 2 is 1.02 bits per heavy atom. The topological polar surface area (TPSA) is 155 Å². The number of carbonyl (C=O) groups is 2. The first kappa shape index (κ1) is 34.3. The van der Waals surface area contributed by atoms with Crippen molar-refractivity contribution in [2.75, 3.05) is 39.6 Å². The summed E-state index contributed by atoms with van der Waals surface area (Å²) in [6.07, 6.45) is 0.257. The summed E-state index contributed by atoms with van der Waals surface area (Å²) in [6, 6.07) is 3.30. The first-order chi connectivity index (χ1) is 19.5. The summed E-state index contributed by atoms with van der Waals surface area (Å²) in [5.41, 5.74) is 3.33. The van der Waals surface area contributed by atoms with Gasteiger partial charge in [0.1, 0.15) is 0 Å². The second kappa shape index (κ2) is 13.6. The number of rotatable bonds is 8. The van der Waals surface area contributed by atoms with E-state index in [2.05, 4.69) is 9.97 Å². The number of aromatic nitrogens is 2. The number of carbonyl (C=O) groups excluding carboxylic acids is 2. The van der Waals surface area contributed by atoms with Gasteiger partial charge >= 0.3 is 27.1 Å². The number of nitrogens with one attached hydrogen (secondary N) is 2. The Balaban J connectivity index is 0.000000230. The summed E-state index contributed by atoms with van der Waals surface area (Å²) in [7, 11) is -6.30. The molecule has 42 heavy (non-hydrogen) atoms. The van der Waals surface area contributed by atoms with Crippen molar-refractivity contribution in [3.05, 3.63) is 46.0 Å². The Hall–Kier alpha value is -2.20. The lowest BCUT2D eigenvalue weighted by Gasteiger charge is -2.33. The average Bonchev–Trinajstić information content (AvgIpc) is 3.45. The van der Waals surface area contributed by atoms with Crippen LogP contribution in [0.5, 0.6) is 0 Å². The van der Waals surface area contributed by atoms with Crippen molar-refractivity contribution in [3.8, 4) is 0 Å². The van der Waals surface area contributed by atoms with Gasteiger partial charge in [0.25, 0.3) is 0 Å². The van der Waals surface area contributed by atoms with E-state index in [9.17, 15) is 18.7 Å². The summed E-state index contributed by atoms with van der Waals surface area (Å²) in [4.78, 5) is 29.6. The Labute approximate surface area is 247 Å². The highest BCUT2D eigenvalue weighted by Gasteiger charge is 2.38. The van der Waals surface area contributed by atoms with Gasteiger partial charge in [-0.2, -0.15) is 0 Å². The molecule has 2 aromatic rings. The smallest absolute Gasteiger partial charge is 0.339 e. The fourth-order valence-electron chi connectivity index (χ4n) is 4.12. The van der Waals surface area contributed by atoms with Gasteiger partial charge in [0.15, 0.2) is 0 Å². The van der Waals surface area contributed by atoms with Crippen molar-refractivity contribution in [2.24, 2.45) is 10.8 Å². The number of H-pyrrole nitrogens is 2. The van der Waals surface area contributed by atoms with Gasteiger partial charge in [0.2, 0.25) is 0 Å². The molecule has 0 aliphatic carbocycles. The lowest BCUT2D eigenvalue weighted by atomic mass is 9.97. The minimum absolute atomic E-state index is 0.128. The van der Waals surface area contributed by atoms with Crippen LogP contribution in [-0.2, 0) is 49.0 Å². The van der Waals surface area contributed by atoms with Crippen LogP contribution in [0, 0.1) is 24.7 Å². The Morgan fingerprint density at radius 3 is 1.31 bits per heavy atom. The molecule has 0 saturated carbocycles. The van der Waals surface area contributed by atoms with E-state index in [4.69, 9.17) is 27.6 Å². The number of aromatic amines is 2. The van der Waals surface area contributed by atoms with Crippen LogP contribution in [0.1, 0.15) is 85.0 Å². The normalized spacial score (nSPS) is 20.2. The fourth-order valence-corrected chi connectivity index (χ4v) is 7.99. The van der Waals surface area contributed by atoms with Crippen LogP contribution in [0.2, 0.25) is 0 Å². The quantitative estimate of drug-likeness (QED) is 0.243. The van der Waals surface area contributed by atoms with Gasteiger partial charge in [0.05, 0.1) is 63.1 Å². The third kappa shape index (κ3) is 9.40. The number of ether oxygens (including phenoxy) is 2. The molecule has 2 aliphatic rings. The highest BCUT2D eigenvalue weighted by molar-refractivity contribution is 7.53. The van der Waals surface area contributed by atoms with Crippen molar-refractivity contribution in [3.63, 3.8) is 0 Å². The molecule has 0 aromatic carbocycles. The van der Waals surface area contributed by atoms with Gasteiger partial charge in [-0.05, 0) is 39.8 Å². The molecule has 12 nitrogen and oxygen atoms in total. The summed E-state index contributed by atoms with van der Waals surface area (Å²) >= 11 is 0. The molecule has 2 aromatic heterocycles. The highest BCUT2D eigenvalue weighted by Crippen LogP contribution is 2.57. The molecular weight excluding hydrogens is 586 g/mol. The molecular formula is C28H44N2O10P2. The van der Waals surface area contributed by atoms with Gasteiger partial charge in [0, 0.05) is 33.6 Å². The summed E-state index contributed by atoms with van der Waals surface area (Å²) in [5, 5.41) is 0. The molecule has 0 unspecified atom stereocenters. The number of esters is 2. The number of hydrogen-bond donors (Lipinski definition) is 2. The first-order valence-electron chi connectivity index (χ1n) is 14.0. The SMILES string of the molecule is CCOC(=O)c1cc(CP2(=O)OCC(C)(C)CO2)[nH]c1C.CCOC(=O)c1cc(CP2(=O)OCC(C)(C)CO2)[nH]c1C. The van der Waals surface area contributed by atoms with Crippen LogP contribution in [0.3, 0.4) is 0 Å². The molecule has 0 atom stereocenters. The zero-order chi connectivity index (χ0) is 31.3. The van der Waals surface area contributed by atoms with Gasteiger partial charge in [-0.3, -0.25) is 9.13 Å². The van der Waals surface area contributed by atoms with Crippen molar-refractivity contribution in [1.82, 2.24) is 9.97 Å². The van der Waals surface area contributed by atoms with E-state index in [1.807, 2.05) is 27.7 Å². The maximum atomic E-state index is 12.5.